The Bertz CT molecular complexity index is 291. The number of hydrogen-bond donors (Lipinski definition) is 0. The van der Waals surface area contributed by atoms with Gasteiger partial charge < -0.3 is 0 Å². The summed E-state index contributed by atoms with van der Waals surface area (Å²) in [5.41, 5.74) is 0.930. The molecule has 0 atom stereocenters. The van der Waals surface area contributed by atoms with E-state index in [1.165, 1.54) is 12.1 Å². The molecule has 0 fully saturated rings. The van der Waals surface area contributed by atoms with E-state index in [-0.39, 0.29) is 5.82 Å². The lowest BCUT2D eigenvalue weighted by molar-refractivity contribution is 0.626. The van der Waals surface area contributed by atoms with E-state index in [4.69, 9.17) is 0 Å². The SMILES string of the molecule is CC#CCc1cccc(F)c1. The summed E-state index contributed by atoms with van der Waals surface area (Å²) in [7, 11) is 0. The van der Waals surface area contributed by atoms with Crippen LogP contribution >= 0.6 is 0 Å². The quantitative estimate of drug-likeness (QED) is 0.536. The molecule has 0 amide bonds. The number of hydrogen-bond acceptors (Lipinski definition) is 0. The molecule has 1 heteroatoms. The topological polar surface area (TPSA) is 0 Å². The van der Waals surface area contributed by atoms with Gasteiger partial charge in [-0.1, -0.05) is 18.1 Å². The standard InChI is InChI=1S/C10H9F/c1-2-3-5-9-6-4-7-10(11)8-9/h4,6-8H,5H2,1H3. The van der Waals surface area contributed by atoms with Crippen molar-refractivity contribution >= 4 is 0 Å². The predicted octanol–water partition coefficient (Wildman–Crippen LogP) is 2.39. The van der Waals surface area contributed by atoms with Crippen molar-refractivity contribution in [3.63, 3.8) is 0 Å². The van der Waals surface area contributed by atoms with Crippen molar-refractivity contribution in [2.75, 3.05) is 0 Å². The number of halogens is 1. The fourth-order valence-corrected chi connectivity index (χ4v) is 0.837. The van der Waals surface area contributed by atoms with Crippen LogP contribution in [0.15, 0.2) is 24.3 Å². The minimum Gasteiger partial charge on any atom is -0.207 e. The summed E-state index contributed by atoms with van der Waals surface area (Å²) in [6, 6.07) is 6.50. The first-order valence-corrected chi connectivity index (χ1v) is 3.47. The Morgan fingerprint density at radius 3 is 2.91 bits per heavy atom. The smallest absolute Gasteiger partial charge is 0.123 e. The van der Waals surface area contributed by atoms with Gasteiger partial charge in [0.05, 0.1) is 0 Å². The Morgan fingerprint density at radius 1 is 1.45 bits per heavy atom. The zero-order valence-corrected chi connectivity index (χ0v) is 6.39. The molecule has 0 N–H and O–H groups in total. The van der Waals surface area contributed by atoms with Crippen molar-refractivity contribution in [3.8, 4) is 11.8 Å². The van der Waals surface area contributed by atoms with Gasteiger partial charge in [-0.25, -0.2) is 4.39 Å². The van der Waals surface area contributed by atoms with Crippen LogP contribution in [0.1, 0.15) is 12.5 Å². The van der Waals surface area contributed by atoms with Gasteiger partial charge in [-0.3, -0.25) is 0 Å². The lowest BCUT2D eigenvalue weighted by Gasteiger charge is -1.92. The molecular weight excluding hydrogens is 139 g/mol. The second-order valence-corrected chi connectivity index (χ2v) is 2.23. The molecule has 0 aliphatic rings. The van der Waals surface area contributed by atoms with Gasteiger partial charge in [0, 0.05) is 6.42 Å². The third kappa shape index (κ3) is 2.43. The van der Waals surface area contributed by atoms with E-state index in [1.54, 1.807) is 13.0 Å². The molecule has 0 saturated heterocycles. The zero-order valence-electron chi connectivity index (χ0n) is 6.39. The lowest BCUT2D eigenvalue weighted by atomic mass is 10.1. The van der Waals surface area contributed by atoms with Crippen LogP contribution in [0.5, 0.6) is 0 Å². The largest absolute Gasteiger partial charge is 0.207 e. The summed E-state index contributed by atoms with van der Waals surface area (Å²) in [5, 5.41) is 0. The molecule has 1 aromatic carbocycles. The lowest BCUT2D eigenvalue weighted by Crippen LogP contribution is -1.81. The van der Waals surface area contributed by atoms with E-state index >= 15 is 0 Å². The first-order chi connectivity index (χ1) is 5.33. The van der Waals surface area contributed by atoms with Gasteiger partial charge in [0.15, 0.2) is 0 Å². The highest BCUT2D eigenvalue weighted by atomic mass is 19.1. The maximum Gasteiger partial charge on any atom is 0.123 e. The molecule has 0 saturated carbocycles. The minimum absolute atomic E-state index is 0.194. The summed E-state index contributed by atoms with van der Waals surface area (Å²) < 4.78 is 12.5. The first-order valence-electron chi connectivity index (χ1n) is 3.47. The van der Waals surface area contributed by atoms with E-state index in [0.29, 0.717) is 6.42 Å². The van der Waals surface area contributed by atoms with Gasteiger partial charge in [0.1, 0.15) is 5.82 Å². The van der Waals surface area contributed by atoms with Crippen LogP contribution in [0.3, 0.4) is 0 Å². The Hall–Kier alpha value is -1.29. The maximum absolute atomic E-state index is 12.5. The molecule has 0 radical (unpaired) electrons. The third-order valence-corrected chi connectivity index (χ3v) is 1.36. The molecule has 56 valence electrons. The average molecular weight is 148 g/mol. The van der Waals surface area contributed by atoms with E-state index < -0.39 is 0 Å². The Balaban J connectivity index is 2.76. The van der Waals surface area contributed by atoms with E-state index in [9.17, 15) is 4.39 Å². The Labute approximate surface area is 66.1 Å². The fraction of sp³-hybridized carbons (Fsp3) is 0.200. The van der Waals surface area contributed by atoms with Crippen LogP contribution in [-0.2, 0) is 6.42 Å². The van der Waals surface area contributed by atoms with Crippen LogP contribution in [0.2, 0.25) is 0 Å². The number of benzene rings is 1. The second kappa shape index (κ2) is 3.78. The van der Waals surface area contributed by atoms with Crippen LogP contribution in [0.25, 0.3) is 0 Å². The number of rotatable bonds is 1. The van der Waals surface area contributed by atoms with Crippen molar-refractivity contribution in [1.82, 2.24) is 0 Å². The van der Waals surface area contributed by atoms with E-state index in [1.807, 2.05) is 6.07 Å². The maximum atomic E-state index is 12.5. The summed E-state index contributed by atoms with van der Waals surface area (Å²) in [6.45, 7) is 1.78. The molecule has 0 bridgehead atoms. The van der Waals surface area contributed by atoms with Crippen molar-refractivity contribution in [1.29, 1.82) is 0 Å². The zero-order chi connectivity index (χ0) is 8.10. The highest BCUT2D eigenvalue weighted by molar-refractivity contribution is 5.21. The Kier molecular flexibility index (Phi) is 2.68. The average Bonchev–Trinajstić information content (AvgIpc) is 2.01. The van der Waals surface area contributed by atoms with Gasteiger partial charge in [-0.2, -0.15) is 0 Å². The van der Waals surface area contributed by atoms with Crippen molar-refractivity contribution in [3.05, 3.63) is 35.6 Å². The van der Waals surface area contributed by atoms with Crippen LogP contribution in [0, 0.1) is 17.7 Å². The van der Waals surface area contributed by atoms with E-state index in [2.05, 4.69) is 11.8 Å². The highest BCUT2D eigenvalue weighted by Gasteiger charge is 1.90. The molecule has 0 aromatic heterocycles. The van der Waals surface area contributed by atoms with Gasteiger partial charge in [-0.15, -0.1) is 5.92 Å². The molecule has 0 nitrogen and oxygen atoms in total. The molecule has 0 unspecified atom stereocenters. The molecule has 0 aliphatic carbocycles. The van der Waals surface area contributed by atoms with Gasteiger partial charge in [0.2, 0.25) is 0 Å². The van der Waals surface area contributed by atoms with Crippen LogP contribution in [0.4, 0.5) is 4.39 Å². The molecule has 1 rings (SSSR count). The molecule has 0 aliphatic heterocycles. The molecule has 1 aromatic rings. The van der Waals surface area contributed by atoms with Crippen molar-refractivity contribution < 1.29 is 4.39 Å². The van der Waals surface area contributed by atoms with Crippen molar-refractivity contribution in [2.45, 2.75) is 13.3 Å². The van der Waals surface area contributed by atoms with Crippen LogP contribution < -0.4 is 0 Å². The first kappa shape index (κ1) is 7.81. The van der Waals surface area contributed by atoms with Gasteiger partial charge in [0.25, 0.3) is 0 Å². The minimum atomic E-state index is -0.194. The summed E-state index contributed by atoms with van der Waals surface area (Å²) in [6.07, 6.45) is 0.633. The fourth-order valence-electron chi connectivity index (χ4n) is 0.837. The third-order valence-electron chi connectivity index (χ3n) is 1.36. The van der Waals surface area contributed by atoms with Gasteiger partial charge in [-0.05, 0) is 24.6 Å². The second-order valence-electron chi connectivity index (χ2n) is 2.23. The Morgan fingerprint density at radius 2 is 2.27 bits per heavy atom. The molecule has 0 heterocycles. The normalized spacial score (nSPS) is 8.55. The van der Waals surface area contributed by atoms with Crippen LogP contribution in [-0.4, -0.2) is 0 Å². The van der Waals surface area contributed by atoms with Crippen molar-refractivity contribution in [2.24, 2.45) is 0 Å². The predicted molar refractivity (Wildman–Crippen MR) is 43.6 cm³/mol. The highest BCUT2D eigenvalue weighted by Crippen LogP contribution is 2.02. The molecule has 11 heavy (non-hydrogen) atoms. The molecule has 0 spiro atoms. The monoisotopic (exact) mass is 148 g/mol. The summed E-state index contributed by atoms with van der Waals surface area (Å²) >= 11 is 0. The summed E-state index contributed by atoms with van der Waals surface area (Å²) in [5.74, 6) is 5.44. The summed E-state index contributed by atoms with van der Waals surface area (Å²) in [4.78, 5) is 0. The van der Waals surface area contributed by atoms with E-state index in [0.717, 1.165) is 5.56 Å². The van der Waals surface area contributed by atoms with Gasteiger partial charge >= 0.3 is 0 Å². The molecular formula is C10H9F.